The van der Waals surface area contributed by atoms with Crippen LogP contribution in [-0.2, 0) is 0 Å². The molecule has 6 nitrogen and oxygen atoms in total. The Balaban J connectivity index is 2.12. The Hall–Kier alpha value is -1.37. The molecule has 0 saturated carbocycles. The molecule has 3 aliphatic rings. The Kier molecular flexibility index (Phi) is 1.75. The fourth-order valence-corrected chi connectivity index (χ4v) is 2.63. The number of nitrogens with zero attached hydrogens (tertiary/aromatic N) is 5. The molecule has 86 valence electrons. The molecule has 0 unspecified atom stereocenters. The van der Waals surface area contributed by atoms with E-state index in [0.717, 1.165) is 11.5 Å². The van der Waals surface area contributed by atoms with Gasteiger partial charge in [-0.25, -0.2) is 15.0 Å². The van der Waals surface area contributed by atoms with E-state index in [2.05, 4.69) is 64.6 Å². The maximum Gasteiger partial charge on any atom is 0.265 e. The molecule has 1 N–H and O–H groups in total. The van der Waals surface area contributed by atoms with Gasteiger partial charge in [0.25, 0.3) is 5.91 Å². The summed E-state index contributed by atoms with van der Waals surface area (Å²) in [6.45, 7) is 0. The lowest BCUT2D eigenvalue weighted by molar-refractivity contribution is -0.0647. The van der Waals surface area contributed by atoms with Crippen molar-refractivity contribution in [1.82, 2.24) is 20.3 Å². The van der Waals surface area contributed by atoms with E-state index in [9.17, 15) is 0 Å². The Labute approximate surface area is 95.0 Å². The van der Waals surface area contributed by atoms with Gasteiger partial charge in [0, 0.05) is 6.20 Å². The maximum absolute atomic E-state index is 4.41. The molecule has 0 atom stereocenters. The van der Waals surface area contributed by atoms with Crippen LogP contribution in [0.3, 0.4) is 0 Å². The van der Waals surface area contributed by atoms with Gasteiger partial charge >= 0.3 is 0 Å². The van der Waals surface area contributed by atoms with E-state index in [1.165, 1.54) is 0 Å². The summed E-state index contributed by atoms with van der Waals surface area (Å²) in [6, 6.07) is 4.03. The molecule has 2 bridgehead atoms. The van der Waals surface area contributed by atoms with Crippen molar-refractivity contribution in [2.45, 2.75) is 5.91 Å². The van der Waals surface area contributed by atoms with Crippen molar-refractivity contribution in [3.8, 4) is 0 Å². The molecule has 0 radical (unpaired) electrons. The fourth-order valence-electron chi connectivity index (χ4n) is 2.63. The monoisotopic (exact) mass is 220 g/mol. The van der Waals surface area contributed by atoms with Crippen LogP contribution in [0.5, 0.6) is 0 Å². The molecule has 1 aromatic rings. The highest BCUT2D eigenvalue weighted by atomic mass is 16.1. The summed E-state index contributed by atoms with van der Waals surface area (Å²) in [5, 5.41) is 4.19. The number of aromatic nitrogens is 1. The summed E-state index contributed by atoms with van der Waals surface area (Å²) >= 11 is 0. The van der Waals surface area contributed by atoms with Crippen LogP contribution < -0.4 is 15.6 Å². The van der Waals surface area contributed by atoms with Crippen LogP contribution in [0.15, 0.2) is 18.3 Å². The number of nitrogens with one attached hydrogen (secondary N) is 1. The smallest absolute Gasteiger partial charge is 0.254 e. The van der Waals surface area contributed by atoms with Crippen molar-refractivity contribution >= 4 is 11.5 Å². The molecule has 0 amide bonds. The van der Waals surface area contributed by atoms with Crippen LogP contribution in [0.2, 0.25) is 0 Å². The first-order chi connectivity index (χ1) is 7.60. The SMILES string of the molecule is CN(C)C1(N(C)C)N2NN1c1ncccc12. The fraction of sp³-hybridized carbons (Fsp3) is 0.500. The van der Waals surface area contributed by atoms with Gasteiger partial charge in [0.2, 0.25) is 0 Å². The van der Waals surface area contributed by atoms with E-state index in [4.69, 9.17) is 0 Å². The lowest BCUT2D eigenvalue weighted by Crippen LogP contribution is -2.88. The third-order valence-corrected chi connectivity index (χ3v) is 3.22. The van der Waals surface area contributed by atoms with Crippen LogP contribution in [0.1, 0.15) is 0 Å². The van der Waals surface area contributed by atoms with E-state index in [1.807, 2.05) is 12.3 Å². The molecular weight excluding hydrogens is 204 g/mol. The number of rotatable bonds is 2. The van der Waals surface area contributed by atoms with Crippen molar-refractivity contribution in [1.29, 1.82) is 0 Å². The van der Waals surface area contributed by atoms with Gasteiger partial charge in [-0.05, 0) is 40.3 Å². The van der Waals surface area contributed by atoms with E-state index in [1.54, 1.807) is 0 Å². The zero-order chi connectivity index (χ0) is 11.5. The first-order valence-corrected chi connectivity index (χ1v) is 5.26. The zero-order valence-electron chi connectivity index (χ0n) is 9.97. The molecule has 4 heterocycles. The van der Waals surface area contributed by atoms with Crippen LogP contribution in [-0.4, -0.2) is 48.9 Å². The van der Waals surface area contributed by atoms with Gasteiger partial charge in [0.05, 0.1) is 0 Å². The predicted octanol–water partition coefficient (Wildman–Crippen LogP) is -0.124. The topological polar surface area (TPSA) is 37.9 Å². The third-order valence-electron chi connectivity index (χ3n) is 3.22. The Morgan fingerprint density at radius 2 is 1.88 bits per heavy atom. The molecule has 6 heteroatoms. The Bertz CT molecular complexity index is 390. The molecule has 4 rings (SSSR count). The molecule has 1 fully saturated rings. The van der Waals surface area contributed by atoms with Gasteiger partial charge in [-0.1, -0.05) is 0 Å². The summed E-state index contributed by atoms with van der Waals surface area (Å²) in [6.07, 6.45) is 1.82. The number of hydrogen-bond acceptors (Lipinski definition) is 6. The lowest BCUT2D eigenvalue weighted by Gasteiger charge is -2.60. The summed E-state index contributed by atoms with van der Waals surface area (Å²) in [5.41, 5.74) is 4.37. The number of pyridine rings is 1. The van der Waals surface area contributed by atoms with Crippen LogP contribution in [0, 0.1) is 0 Å². The molecule has 0 aliphatic carbocycles. The summed E-state index contributed by atoms with van der Waals surface area (Å²) in [5.74, 6) is 0.696. The van der Waals surface area contributed by atoms with Gasteiger partial charge in [0.15, 0.2) is 5.82 Å². The minimum atomic E-state index is -0.281. The molecular formula is C10H16N6. The first kappa shape index (κ1) is 9.83. The van der Waals surface area contributed by atoms with Gasteiger partial charge in [0.1, 0.15) is 5.69 Å². The minimum absolute atomic E-state index is 0.281. The van der Waals surface area contributed by atoms with Crippen molar-refractivity contribution in [3.05, 3.63) is 18.3 Å². The van der Waals surface area contributed by atoms with Crippen LogP contribution >= 0.6 is 0 Å². The van der Waals surface area contributed by atoms with E-state index in [0.29, 0.717) is 0 Å². The highest BCUT2D eigenvalue weighted by molar-refractivity contribution is 5.79. The second-order valence-electron chi connectivity index (χ2n) is 4.51. The summed E-state index contributed by atoms with van der Waals surface area (Å²) < 4.78 is 0. The Morgan fingerprint density at radius 3 is 2.44 bits per heavy atom. The van der Waals surface area contributed by atoms with Crippen molar-refractivity contribution in [2.24, 2.45) is 0 Å². The average molecular weight is 220 g/mol. The van der Waals surface area contributed by atoms with Gasteiger partial charge < -0.3 is 0 Å². The third kappa shape index (κ3) is 0.820. The predicted molar refractivity (Wildman–Crippen MR) is 62.4 cm³/mol. The Morgan fingerprint density at radius 1 is 1.19 bits per heavy atom. The van der Waals surface area contributed by atoms with E-state index in [-0.39, 0.29) is 5.91 Å². The summed E-state index contributed by atoms with van der Waals surface area (Å²) in [7, 11) is 8.25. The van der Waals surface area contributed by atoms with Crippen LogP contribution in [0.25, 0.3) is 0 Å². The van der Waals surface area contributed by atoms with Crippen molar-refractivity contribution in [2.75, 3.05) is 38.2 Å². The second-order valence-corrected chi connectivity index (χ2v) is 4.51. The molecule has 1 aromatic heterocycles. The minimum Gasteiger partial charge on any atom is -0.254 e. The number of hydrogen-bond donors (Lipinski definition) is 1. The second kappa shape index (κ2) is 2.85. The highest BCUT2D eigenvalue weighted by Gasteiger charge is 2.63. The van der Waals surface area contributed by atoms with Gasteiger partial charge in [-0.3, -0.25) is 9.80 Å². The van der Waals surface area contributed by atoms with Gasteiger partial charge in [-0.15, -0.1) is 5.53 Å². The molecule has 16 heavy (non-hydrogen) atoms. The summed E-state index contributed by atoms with van der Waals surface area (Å²) in [4.78, 5) is 8.73. The first-order valence-electron chi connectivity index (χ1n) is 5.26. The largest absolute Gasteiger partial charge is 0.265 e. The van der Waals surface area contributed by atoms with E-state index >= 15 is 0 Å². The standard InChI is InChI=1S/C10H16N6/c1-13(2)10(14(3)4)15-8-6-5-7-11-9(8)16(10)12-15/h5-7,12H,1-4H3. The quantitative estimate of drug-likeness (QED) is 0.700. The molecule has 0 aromatic carbocycles. The molecule has 1 saturated heterocycles. The average Bonchev–Trinajstić information content (AvgIpc) is 2.67. The maximum atomic E-state index is 4.41. The van der Waals surface area contributed by atoms with Crippen molar-refractivity contribution in [3.63, 3.8) is 0 Å². The molecule has 3 aliphatic heterocycles. The molecule has 0 spiro atoms. The van der Waals surface area contributed by atoms with Crippen molar-refractivity contribution < 1.29 is 0 Å². The van der Waals surface area contributed by atoms with Gasteiger partial charge in [-0.2, -0.15) is 0 Å². The van der Waals surface area contributed by atoms with E-state index < -0.39 is 0 Å². The highest BCUT2D eigenvalue weighted by Crippen LogP contribution is 2.49. The number of hydrazine groups is 2. The normalized spacial score (nSPS) is 20.4. The zero-order valence-corrected chi connectivity index (χ0v) is 9.97. The lowest BCUT2D eigenvalue weighted by atomic mass is 10.4. The number of anilines is 2. The van der Waals surface area contributed by atoms with Crippen LogP contribution in [0.4, 0.5) is 11.5 Å².